The summed E-state index contributed by atoms with van der Waals surface area (Å²) >= 11 is 0. The second kappa shape index (κ2) is 4.19. The number of hydrogen-bond donors (Lipinski definition) is 1. The van der Waals surface area contributed by atoms with E-state index < -0.39 is 0 Å². The highest BCUT2D eigenvalue weighted by Gasteiger charge is 2.20. The predicted molar refractivity (Wildman–Crippen MR) is 60.4 cm³/mol. The van der Waals surface area contributed by atoms with Crippen LogP contribution in [0.3, 0.4) is 0 Å². The van der Waals surface area contributed by atoms with Crippen molar-refractivity contribution in [3.05, 3.63) is 29.8 Å². The molecule has 0 radical (unpaired) electrons. The van der Waals surface area contributed by atoms with Gasteiger partial charge in [0.25, 0.3) is 0 Å². The monoisotopic (exact) mass is 185 g/mol. The van der Waals surface area contributed by atoms with E-state index in [0.29, 0.717) is 5.92 Å². The van der Waals surface area contributed by atoms with Crippen molar-refractivity contribution < 1.29 is 0 Å². The molecular weight excluding hydrogens is 170 g/mol. The summed E-state index contributed by atoms with van der Waals surface area (Å²) in [5.74, 6) is 6.73. The number of para-hydroxylation sites is 1. The van der Waals surface area contributed by atoms with Gasteiger partial charge in [-0.05, 0) is 25.0 Å². The summed E-state index contributed by atoms with van der Waals surface area (Å²) in [7, 11) is 0. The minimum Gasteiger partial charge on any atom is -0.384 e. The number of hydrogen-bond acceptors (Lipinski definition) is 1. The summed E-state index contributed by atoms with van der Waals surface area (Å²) < 4.78 is 0. The molecule has 0 amide bonds. The SMILES string of the molecule is CC#CCCC1CNc2ccccc21. The molecule has 1 aromatic rings. The number of nitrogens with one attached hydrogen (secondary N) is 1. The van der Waals surface area contributed by atoms with Gasteiger partial charge in [-0.1, -0.05) is 18.2 Å². The van der Waals surface area contributed by atoms with E-state index in [-0.39, 0.29) is 0 Å². The van der Waals surface area contributed by atoms with E-state index in [2.05, 4.69) is 41.4 Å². The second-order valence-corrected chi connectivity index (χ2v) is 3.63. The lowest BCUT2D eigenvalue weighted by Crippen LogP contribution is -2.01. The maximum absolute atomic E-state index is 3.43. The van der Waals surface area contributed by atoms with Crippen LogP contribution < -0.4 is 5.32 Å². The zero-order chi connectivity index (χ0) is 9.80. The first-order valence-electron chi connectivity index (χ1n) is 5.14. The average molecular weight is 185 g/mol. The molecule has 1 nitrogen and oxygen atoms in total. The molecule has 1 atom stereocenters. The summed E-state index contributed by atoms with van der Waals surface area (Å²) in [5, 5.41) is 3.43. The topological polar surface area (TPSA) is 12.0 Å². The minimum absolute atomic E-state index is 0.659. The van der Waals surface area contributed by atoms with Gasteiger partial charge in [0.05, 0.1) is 0 Å². The van der Waals surface area contributed by atoms with Crippen LogP contribution in [0.5, 0.6) is 0 Å². The number of benzene rings is 1. The standard InChI is InChI=1S/C13H15N/c1-2-3-4-7-11-10-14-13-9-6-5-8-12(11)13/h5-6,8-9,11,14H,4,7,10H2,1H3. The Labute approximate surface area is 85.5 Å². The first-order chi connectivity index (χ1) is 6.92. The molecule has 0 fully saturated rings. The van der Waals surface area contributed by atoms with Gasteiger partial charge in [0, 0.05) is 24.6 Å². The minimum atomic E-state index is 0.659. The summed E-state index contributed by atoms with van der Waals surface area (Å²) in [6.07, 6.45) is 2.18. The highest BCUT2D eigenvalue weighted by atomic mass is 14.9. The summed E-state index contributed by atoms with van der Waals surface area (Å²) in [6.45, 7) is 2.98. The largest absolute Gasteiger partial charge is 0.384 e. The molecular formula is C13H15N. The fraction of sp³-hybridized carbons (Fsp3) is 0.385. The van der Waals surface area contributed by atoms with Crippen molar-refractivity contribution in [1.29, 1.82) is 0 Å². The van der Waals surface area contributed by atoms with Crippen molar-refractivity contribution >= 4 is 5.69 Å². The molecule has 2 rings (SSSR count). The molecule has 0 aliphatic carbocycles. The molecule has 1 aliphatic rings. The zero-order valence-electron chi connectivity index (χ0n) is 8.51. The van der Waals surface area contributed by atoms with E-state index in [1.165, 1.54) is 17.7 Å². The number of fused-ring (bicyclic) bond motifs is 1. The van der Waals surface area contributed by atoms with Crippen LogP contribution in [0.15, 0.2) is 24.3 Å². The fourth-order valence-corrected chi connectivity index (χ4v) is 1.99. The lowest BCUT2D eigenvalue weighted by atomic mass is 9.96. The average Bonchev–Trinajstić information content (AvgIpc) is 2.63. The van der Waals surface area contributed by atoms with E-state index >= 15 is 0 Å². The molecule has 1 aliphatic heterocycles. The van der Waals surface area contributed by atoms with Gasteiger partial charge in [-0.25, -0.2) is 0 Å². The van der Waals surface area contributed by atoms with Gasteiger partial charge in [0.2, 0.25) is 0 Å². The van der Waals surface area contributed by atoms with Crippen LogP contribution >= 0.6 is 0 Å². The van der Waals surface area contributed by atoms with Crippen molar-refractivity contribution in [2.45, 2.75) is 25.7 Å². The Bertz CT molecular complexity index is 370. The Morgan fingerprint density at radius 3 is 3.14 bits per heavy atom. The summed E-state index contributed by atoms with van der Waals surface area (Å²) in [5.41, 5.74) is 2.77. The first-order valence-corrected chi connectivity index (χ1v) is 5.14. The van der Waals surface area contributed by atoms with Crippen LogP contribution in [0.25, 0.3) is 0 Å². The van der Waals surface area contributed by atoms with Crippen molar-refractivity contribution in [3.8, 4) is 11.8 Å². The predicted octanol–water partition coefficient (Wildman–Crippen LogP) is 3.00. The van der Waals surface area contributed by atoms with Crippen LogP contribution in [0.1, 0.15) is 31.2 Å². The van der Waals surface area contributed by atoms with Gasteiger partial charge in [0.15, 0.2) is 0 Å². The summed E-state index contributed by atoms with van der Waals surface area (Å²) in [4.78, 5) is 0. The van der Waals surface area contributed by atoms with Crippen molar-refractivity contribution in [2.24, 2.45) is 0 Å². The Balaban J connectivity index is 2.05. The second-order valence-electron chi connectivity index (χ2n) is 3.63. The molecule has 1 heterocycles. The third-order valence-electron chi connectivity index (χ3n) is 2.73. The molecule has 1 aromatic carbocycles. The molecule has 0 saturated heterocycles. The van der Waals surface area contributed by atoms with E-state index in [4.69, 9.17) is 0 Å². The van der Waals surface area contributed by atoms with E-state index in [9.17, 15) is 0 Å². The lowest BCUT2D eigenvalue weighted by Gasteiger charge is -2.06. The third kappa shape index (κ3) is 1.75. The molecule has 14 heavy (non-hydrogen) atoms. The third-order valence-corrected chi connectivity index (χ3v) is 2.73. The van der Waals surface area contributed by atoms with Crippen LogP contribution in [0.4, 0.5) is 5.69 Å². The Hall–Kier alpha value is -1.42. The highest BCUT2D eigenvalue weighted by molar-refractivity contribution is 5.57. The van der Waals surface area contributed by atoms with Gasteiger partial charge in [-0.2, -0.15) is 0 Å². The lowest BCUT2D eigenvalue weighted by molar-refractivity contribution is 0.693. The smallest absolute Gasteiger partial charge is 0.0376 e. The maximum Gasteiger partial charge on any atom is 0.0376 e. The quantitative estimate of drug-likeness (QED) is 0.698. The van der Waals surface area contributed by atoms with Gasteiger partial charge in [-0.3, -0.25) is 0 Å². The van der Waals surface area contributed by atoms with E-state index in [1.807, 2.05) is 6.92 Å². The Kier molecular flexibility index (Phi) is 2.74. The van der Waals surface area contributed by atoms with E-state index in [0.717, 1.165) is 13.0 Å². The number of anilines is 1. The molecule has 0 bridgehead atoms. The van der Waals surface area contributed by atoms with E-state index in [1.54, 1.807) is 0 Å². The van der Waals surface area contributed by atoms with Crippen molar-refractivity contribution in [3.63, 3.8) is 0 Å². The van der Waals surface area contributed by atoms with Crippen LogP contribution in [0, 0.1) is 11.8 Å². The Morgan fingerprint density at radius 1 is 1.43 bits per heavy atom. The molecule has 0 spiro atoms. The van der Waals surface area contributed by atoms with Crippen LogP contribution in [-0.4, -0.2) is 6.54 Å². The molecule has 1 unspecified atom stereocenters. The van der Waals surface area contributed by atoms with Crippen molar-refractivity contribution in [2.75, 3.05) is 11.9 Å². The highest BCUT2D eigenvalue weighted by Crippen LogP contribution is 2.33. The molecule has 1 N–H and O–H groups in total. The van der Waals surface area contributed by atoms with Gasteiger partial charge >= 0.3 is 0 Å². The maximum atomic E-state index is 3.43. The molecule has 0 aromatic heterocycles. The van der Waals surface area contributed by atoms with Gasteiger partial charge in [0.1, 0.15) is 0 Å². The van der Waals surface area contributed by atoms with Gasteiger partial charge in [-0.15, -0.1) is 11.8 Å². The Morgan fingerprint density at radius 2 is 2.29 bits per heavy atom. The normalized spacial score (nSPS) is 17.9. The molecule has 0 saturated carbocycles. The van der Waals surface area contributed by atoms with Crippen LogP contribution in [-0.2, 0) is 0 Å². The van der Waals surface area contributed by atoms with Crippen molar-refractivity contribution in [1.82, 2.24) is 0 Å². The fourth-order valence-electron chi connectivity index (χ4n) is 1.99. The molecule has 1 heteroatoms. The first kappa shape index (κ1) is 9.15. The van der Waals surface area contributed by atoms with Crippen LogP contribution in [0.2, 0.25) is 0 Å². The van der Waals surface area contributed by atoms with Gasteiger partial charge < -0.3 is 5.32 Å². The molecule has 72 valence electrons. The number of rotatable bonds is 2. The summed E-state index contributed by atoms with van der Waals surface area (Å²) in [6, 6.07) is 8.57. The zero-order valence-corrected chi connectivity index (χ0v) is 8.51.